The highest BCUT2D eigenvalue weighted by atomic mass is 16.2. The smallest absolute Gasteiger partial charge is 0.241 e. The van der Waals surface area contributed by atoms with E-state index >= 15 is 0 Å². The van der Waals surface area contributed by atoms with Crippen molar-refractivity contribution < 1.29 is 4.79 Å². The van der Waals surface area contributed by atoms with Gasteiger partial charge in [-0.3, -0.25) is 10.1 Å². The summed E-state index contributed by atoms with van der Waals surface area (Å²) in [6, 6.07) is 0.455. The van der Waals surface area contributed by atoms with Crippen LogP contribution in [-0.2, 0) is 4.79 Å². The number of hydrogen-bond acceptors (Lipinski definition) is 2. The number of carbonyl (C=O) groups is 1. The SMILES string of the molecule is CC(C)C1NC(C(C)C)N(C2CCC(C)(C)CC2)C1=O. The average molecular weight is 280 g/mol. The highest BCUT2D eigenvalue weighted by Gasteiger charge is 2.45. The Hall–Kier alpha value is -0.570. The maximum Gasteiger partial charge on any atom is 0.241 e. The molecular formula is C17H32N2O. The first-order valence-electron chi connectivity index (χ1n) is 8.31. The second kappa shape index (κ2) is 5.67. The fraction of sp³-hybridized carbons (Fsp3) is 0.941. The van der Waals surface area contributed by atoms with Crippen LogP contribution < -0.4 is 5.32 Å². The number of hydrogen-bond donors (Lipinski definition) is 1. The topological polar surface area (TPSA) is 32.3 Å². The molecule has 2 fully saturated rings. The van der Waals surface area contributed by atoms with Crippen molar-refractivity contribution in [1.29, 1.82) is 0 Å². The molecule has 0 bridgehead atoms. The summed E-state index contributed by atoms with van der Waals surface area (Å²) in [5.41, 5.74) is 0.456. The molecule has 20 heavy (non-hydrogen) atoms. The first-order valence-corrected chi connectivity index (χ1v) is 8.31. The molecule has 0 aromatic rings. The van der Waals surface area contributed by atoms with E-state index in [1.807, 2.05) is 0 Å². The third kappa shape index (κ3) is 3.03. The summed E-state index contributed by atoms with van der Waals surface area (Å²) in [5.74, 6) is 1.18. The van der Waals surface area contributed by atoms with E-state index in [1.165, 1.54) is 12.8 Å². The Kier molecular flexibility index (Phi) is 4.48. The lowest BCUT2D eigenvalue weighted by Gasteiger charge is -2.41. The lowest BCUT2D eigenvalue weighted by Crippen LogP contribution is -2.49. The number of carbonyl (C=O) groups excluding carboxylic acids is 1. The van der Waals surface area contributed by atoms with Crippen molar-refractivity contribution in [3.8, 4) is 0 Å². The second-order valence-corrected chi connectivity index (χ2v) is 8.22. The van der Waals surface area contributed by atoms with Crippen molar-refractivity contribution in [2.24, 2.45) is 17.3 Å². The maximum absolute atomic E-state index is 12.8. The molecule has 2 atom stereocenters. The van der Waals surface area contributed by atoms with Crippen LogP contribution in [0.3, 0.4) is 0 Å². The van der Waals surface area contributed by atoms with Gasteiger partial charge in [0.15, 0.2) is 0 Å². The van der Waals surface area contributed by atoms with E-state index in [0.717, 1.165) is 12.8 Å². The summed E-state index contributed by atoms with van der Waals surface area (Å²) in [7, 11) is 0. The Bertz CT molecular complexity index is 352. The van der Waals surface area contributed by atoms with Crippen molar-refractivity contribution >= 4 is 5.91 Å². The molecule has 0 spiro atoms. The Morgan fingerprint density at radius 2 is 1.65 bits per heavy atom. The van der Waals surface area contributed by atoms with E-state index in [0.29, 0.717) is 29.2 Å². The first kappa shape index (κ1) is 15.8. The van der Waals surface area contributed by atoms with Gasteiger partial charge < -0.3 is 4.90 Å². The van der Waals surface area contributed by atoms with Gasteiger partial charge in [-0.1, -0.05) is 41.5 Å². The number of rotatable bonds is 3. The van der Waals surface area contributed by atoms with Crippen LogP contribution in [0.5, 0.6) is 0 Å². The van der Waals surface area contributed by atoms with E-state index in [9.17, 15) is 4.79 Å². The summed E-state index contributed by atoms with van der Waals surface area (Å²) < 4.78 is 0. The van der Waals surface area contributed by atoms with Gasteiger partial charge >= 0.3 is 0 Å². The molecule has 1 N–H and O–H groups in total. The van der Waals surface area contributed by atoms with E-state index in [4.69, 9.17) is 0 Å². The zero-order valence-corrected chi connectivity index (χ0v) is 14.1. The van der Waals surface area contributed by atoms with E-state index in [1.54, 1.807) is 0 Å². The standard InChI is InChI=1S/C17H32N2O/c1-11(2)14-16(20)19(15(18-14)12(3)4)13-7-9-17(5,6)10-8-13/h11-15,18H,7-10H2,1-6H3. The summed E-state index contributed by atoms with van der Waals surface area (Å²) in [6.07, 6.45) is 5.02. The average Bonchev–Trinajstić information content (AvgIpc) is 2.67. The normalized spacial score (nSPS) is 31.6. The van der Waals surface area contributed by atoms with Crippen LogP contribution in [0.4, 0.5) is 0 Å². The molecule has 1 aliphatic heterocycles. The zero-order valence-electron chi connectivity index (χ0n) is 14.1. The fourth-order valence-corrected chi connectivity index (χ4v) is 3.69. The second-order valence-electron chi connectivity index (χ2n) is 8.22. The van der Waals surface area contributed by atoms with Gasteiger partial charge in [-0.25, -0.2) is 0 Å². The van der Waals surface area contributed by atoms with Gasteiger partial charge in [-0.2, -0.15) is 0 Å². The van der Waals surface area contributed by atoms with Crippen LogP contribution in [0.1, 0.15) is 67.2 Å². The first-order chi connectivity index (χ1) is 9.23. The van der Waals surface area contributed by atoms with Crippen molar-refractivity contribution in [1.82, 2.24) is 10.2 Å². The largest absolute Gasteiger partial charge is 0.323 e. The number of amides is 1. The molecule has 3 heteroatoms. The van der Waals surface area contributed by atoms with Gasteiger partial charge in [0.1, 0.15) is 0 Å². The third-order valence-corrected chi connectivity index (χ3v) is 5.17. The number of nitrogens with zero attached hydrogens (tertiary/aromatic N) is 1. The molecule has 0 radical (unpaired) electrons. The Morgan fingerprint density at radius 1 is 1.10 bits per heavy atom. The Balaban J connectivity index is 2.13. The quantitative estimate of drug-likeness (QED) is 0.859. The fourth-order valence-electron chi connectivity index (χ4n) is 3.69. The van der Waals surface area contributed by atoms with Crippen LogP contribution in [0.15, 0.2) is 0 Å². The van der Waals surface area contributed by atoms with E-state index in [2.05, 4.69) is 51.8 Å². The van der Waals surface area contributed by atoms with Crippen LogP contribution >= 0.6 is 0 Å². The maximum atomic E-state index is 12.8. The van der Waals surface area contributed by atoms with Crippen molar-refractivity contribution in [3.63, 3.8) is 0 Å². The van der Waals surface area contributed by atoms with Gasteiger partial charge in [0.05, 0.1) is 12.2 Å². The summed E-state index contributed by atoms with van der Waals surface area (Å²) >= 11 is 0. The summed E-state index contributed by atoms with van der Waals surface area (Å²) in [5, 5.41) is 3.58. The van der Waals surface area contributed by atoms with Crippen molar-refractivity contribution in [2.75, 3.05) is 0 Å². The Morgan fingerprint density at radius 3 is 2.10 bits per heavy atom. The molecule has 0 aromatic carbocycles. The van der Waals surface area contributed by atoms with Gasteiger partial charge in [-0.05, 0) is 42.9 Å². The van der Waals surface area contributed by atoms with Crippen molar-refractivity contribution in [3.05, 3.63) is 0 Å². The molecule has 1 saturated heterocycles. The van der Waals surface area contributed by atoms with Crippen LogP contribution in [0.25, 0.3) is 0 Å². The molecule has 3 nitrogen and oxygen atoms in total. The summed E-state index contributed by atoms with van der Waals surface area (Å²) in [6.45, 7) is 13.4. The van der Waals surface area contributed by atoms with Gasteiger partial charge in [0, 0.05) is 6.04 Å². The van der Waals surface area contributed by atoms with Crippen LogP contribution in [0.2, 0.25) is 0 Å². The predicted octanol–water partition coefficient (Wildman–Crippen LogP) is 3.39. The zero-order chi connectivity index (χ0) is 15.1. The highest BCUT2D eigenvalue weighted by Crippen LogP contribution is 2.39. The van der Waals surface area contributed by atoms with E-state index < -0.39 is 0 Å². The molecule has 116 valence electrons. The van der Waals surface area contributed by atoms with Crippen LogP contribution in [0, 0.1) is 17.3 Å². The molecule has 1 saturated carbocycles. The molecule has 0 aromatic heterocycles. The third-order valence-electron chi connectivity index (χ3n) is 5.17. The predicted molar refractivity (Wildman–Crippen MR) is 83.3 cm³/mol. The molecule has 1 heterocycles. The molecule has 2 aliphatic rings. The molecular weight excluding hydrogens is 248 g/mol. The number of nitrogens with one attached hydrogen (secondary N) is 1. The summed E-state index contributed by atoms with van der Waals surface area (Å²) in [4.78, 5) is 15.0. The minimum atomic E-state index is 0.0114. The van der Waals surface area contributed by atoms with Crippen LogP contribution in [-0.4, -0.2) is 29.1 Å². The Labute approximate surface area is 124 Å². The van der Waals surface area contributed by atoms with Gasteiger partial charge in [0.25, 0.3) is 0 Å². The lowest BCUT2D eigenvalue weighted by molar-refractivity contribution is -0.134. The van der Waals surface area contributed by atoms with Crippen molar-refractivity contribution in [2.45, 2.75) is 85.5 Å². The molecule has 2 unspecified atom stereocenters. The minimum absolute atomic E-state index is 0.0114. The van der Waals surface area contributed by atoms with E-state index in [-0.39, 0.29) is 12.2 Å². The van der Waals surface area contributed by atoms with Gasteiger partial charge in [-0.15, -0.1) is 0 Å². The van der Waals surface area contributed by atoms with Gasteiger partial charge in [0.2, 0.25) is 5.91 Å². The molecule has 2 rings (SSSR count). The lowest BCUT2D eigenvalue weighted by atomic mass is 9.75. The molecule has 1 aliphatic carbocycles. The minimum Gasteiger partial charge on any atom is -0.323 e. The molecule has 1 amide bonds. The highest BCUT2D eigenvalue weighted by molar-refractivity contribution is 5.85. The monoisotopic (exact) mass is 280 g/mol.